The second-order valence-electron chi connectivity index (χ2n) is 3.87. The molecule has 1 aromatic heterocycles. The van der Waals surface area contributed by atoms with Gasteiger partial charge in [0.1, 0.15) is 11.5 Å². The lowest BCUT2D eigenvalue weighted by Crippen LogP contribution is -1.99. The van der Waals surface area contributed by atoms with E-state index in [2.05, 4.69) is 37.9 Å². The van der Waals surface area contributed by atoms with Crippen molar-refractivity contribution in [1.29, 1.82) is 0 Å². The van der Waals surface area contributed by atoms with Crippen molar-refractivity contribution < 1.29 is 9.47 Å². The SMILES string of the molecule is CCOc1ccc(Br)cc1C(Br)c1cc(OC)cs1. The summed E-state index contributed by atoms with van der Waals surface area (Å²) in [6, 6.07) is 8.10. The summed E-state index contributed by atoms with van der Waals surface area (Å²) in [5.41, 5.74) is 1.11. The van der Waals surface area contributed by atoms with Gasteiger partial charge in [0.05, 0.1) is 18.5 Å². The van der Waals surface area contributed by atoms with E-state index in [-0.39, 0.29) is 4.83 Å². The van der Waals surface area contributed by atoms with Crippen LogP contribution in [0.3, 0.4) is 0 Å². The van der Waals surface area contributed by atoms with Crippen molar-refractivity contribution >= 4 is 43.2 Å². The van der Waals surface area contributed by atoms with Crippen molar-refractivity contribution in [2.45, 2.75) is 11.8 Å². The van der Waals surface area contributed by atoms with E-state index in [0.717, 1.165) is 21.5 Å². The van der Waals surface area contributed by atoms with Gasteiger partial charge in [-0.2, -0.15) is 0 Å². The number of halogens is 2. The lowest BCUT2D eigenvalue weighted by atomic mass is 10.1. The molecule has 0 saturated heterocycles. The number of hydrogen-bond donors (Lipinski definition) is 0. The number of methoxy groups -OCH3 is 1. The molecule has 0 bridgehead atoms. The van der Waals surface area contributed by atoms with Gasteiger partial charge in [-0.3, -0.25) is 0 Å². The summed E-state index contributed by atoms with van der Waals surface area (Å²) in [5, 5.41) is 2.00. The lowest BCUT2D eigenvalue weighted by molar-refractivity contribution is 0.337. The summed E-state index contributed by atoms with van der Waals surface area (Å²) in [5.74, 6) is 1.79. The zero-order valence-corrected chi connectivity index (χ0v) is 14.6. The first-order valence-electron chi connectivity index (χ1n) is 5.84. The molecule has 0 aliphatic heterocycles. The van der Waals surface area contributed by atoms with Gasteiger partial charge in [-0.1, -0.05) is 31.9 Å². The van der Waals surface area contributed by atoms with Crippen LogP contribution in [-0.4, -0.2) is 13.7 Å². The molecular formula is C14H14Br2O2S. The number of thiophene rings is 1. The molecule has 0 amide bonds. The lowest BCUT2D eigenvalue weighted by Gasteiger charge is -2.14. The average Bonchev–Trinajstić information content (AvgIpc) is 2.89. The third-order valence-corrected chi connectivity index (χ3v) is 5.38. The maximum Gasteiger partial charge on any atom is 0.129 e. The highest BCUT2D eigenvalue weighted by atomic mass is 79.9. The van der Waals surface area contributed by atoms with Gasteiger partial charge in [-0.05, 0) is 31.2 Å². The summed E-state index contributed by atoms with van der Waals surface area (Å²) in [7, 11) is 1.68. The van der Waals surface area contributed by atoms with Crippen LogP contribution in [0.2, 0.25) is 0 Å². The van der Waals surface area contributed by atoms with E-state index in [0.29, 0.717) is 6.61 Å². The van der Waals surface area contributed by atoms with E-state index in [1.165, 1.54) is 4.88 Å². The second-order valence-corrected chi connectivity index (χ2v) is 6.64. The van der Waals surface area contributed by atoms with Gasteiger partial charge in [0.15, 0.2) is 0 Å². The molecule has 1 atom stereocenters. The van der Waals surface area contributed by atoms with Crippen molar-refractivity contribution in [3.63, 3.8) is 0 Å². The molecule has 0 aliphatic rings. The Morgan fingerprint density at radius 3 is 2.74 bits per heavy atom. The van der Waals surface area contributed by atoms with Gasteiger partial charge >= 0.3 is 0 Å². The Bertz CT molecular complexity index is 554. The zero-order chi connectivity index (χ0) is 13.8. The van der Waals surface area contributed by atoms with Crippen LogP contribution in [0.4, 0.5) is 0 Å². The Balaban J connectivity index is 2.36. The van der Waals surface area contributed by atoms with Crippen LogP contribution in [0.15, 0.2) is 34.1 Å². The Morgan fingerprint density at radius 2 is 2.11 bits per heavy atom. The molecule has 0 radical (unpaired) electrons. The summed E-state index contributed by atoms with van der Waals surface area (Å²) < 4.78 is 12.0. The largest absolute Gasteiger partial charge is 0.496 e. The van der Waals surface area contributed by atoms with E-state index in [1.807, 2.05) is 30.5 Å². The molecule has 1 aromatic carbocycles. The maximum atomic E-state index is 5.69. The van der Waals surface area contributed by atoms with Crippen LogP contribution in [-0.2, 0) is 0 Å². The third kappa shape index (κ3) is 3.52. The number of hydrogen-bond acceptors (Lipinski definition) is 3. The molecule has 0 N–H and O–H groups in total. The Labute approximate surface area is 134 Å². The molecule has 0 aliphatic carbocycles. The van der Waals surface area contributed by atoms with Crippen LogP contribution in [0.1, 0.15) is 22.2 Å². The van der Waals surface area contributed by atoms with Crippen molar-refractivity contribution in [2.24, 2.45) is 0 Å². The smallest absolute Gasteiger partial charge is 0.129 e. The average molecular weight is 406 g/mol. The molecule has 0 fully saturated rings. The first-order valence-corrected chi connectivity index (χ1v) is 8.43. The van der Waals surface area contributed by atoms with Gasteiger partial charge in [0, 0.05) is 20.3 Å². The van der Waals surface area contributed by atoms with Gasteiger partial charge in [0.2, 0.25) is 0 Å². The molecule has 5 heteroatoms. The molecular weight excluding hydrogens is 392 g/mol. The topological polar surface area (TPSA) is 18.5 Å². The molecule has 2 rings (SSSR count). The summed E-state index contributed by atoms with van der Waals surface area (Å²) in [4.78, 5) is 1.29. The van der Waals surface area contributed by atoms with E-state index < -0.39 is 0 Å². The van der Waals surface area contributed by atoms with Gasteiger partial charge < -0.3 is 9.47 Å². The molecule has 1 unspecified atom stereocenters. The predicted molar refractivity (Wildman–Crippen MR) is 87.0 cm³/mol. The molecule has 2 aromatic rings. The Kier molecular flexibility index (Phi) is 5.30. The minimum absolute atomic E-state index is 0.0976. The minimum Gasteiger partial charge on any atom is -0.496 e. The van der Waals surface area contributed by atoms with Crippen molar-refractivity contribution in [1.82, 2.24) is 0 Å². The highest BCUT2D eigenvalue weighted by Gasteiger charge is 2.18. The number of ether oxygens (including phenoxy) is 2. The standard InChI is InChI=1S/C14H14Br2O2S/c1-3-18-12-5-4-9(15)6-11(12)14(16)13-7-10(17-2)8-19-13/h4-8,14H,3H2,1-2H3. The van der Waals surface area contributed by atoms with Gasteiger partial charge in [0.25, 0.3) is 0 Å². The van der Waals surface area contributed by atoms with Crippen LogP contribution < -0.4 is 9.47 Å². The van der Waals surface area contributed by atoms with Gasteiger partial charge in [-0.15, -0.1) is 11.3 Å². The molecule has 1 heterocycles. The fourth-order valence-electron chi connectivity index (χ4n) is 1.73. The van der Waals surface area contributed by atoms with Crippen LogP contribution in [0.5, 0.6) is 11.5 Å². The Hall–Kier alpha value is -0.520. The Morgan fingerprint density at radius 1 is 1.32 bits per heavy atom. The summed E-state index contributed by atoms with van der Waals surface area (Å²) >= 11 is 8.92. The number of alkyl halides is 1. The highest BCUT2D eigenvalue weighted by molar-refractivity contribution is 9.10. The summed E-state index contributed by atoms with van der Waals surface area (Å²) in [6.45, 7) is 2.64. The van der Waals surface area contributed by atoms with Crippen molar-refractivity contribution in [3.8, 4) is 11.5 Å². The fourth-order valence-corrected chi connectivity index (χ4v) is 3.77. The number of benzene rings is 1. The van der Waals surface area contributed by atoms with Crippen LogP contribution in [0, 0.1) is 0 Å². The fraction of sp³-hybridized carbons (Fsp3) is 0.286. The monoisotopic (exact) mass is 404 g/mol. The predicted octanol–water partition coefficient (Wildman–Crippen LogP) is 5.40. The highest BCUT2D eigenvalue weighted by Crippen LogP contribution is 2.41. The molecule has 2 nitrogen and oxygen atoms in total. The quantitative estimate of drug-likeness (QED) is 0.619. The van der Waals surface area contributed by atoms with E-state index >= 15 is 0 Å². The second kappa shape index (κ2) is 6.77. The normalized spacial score (nSPS) is 12.2. The molecule has 102 valence electrons. The van der Waals surface area contributed by atoms with Crippen molar-refractivity contribution in [3.05, 3.63) is 44.6 Å². The van der Waals surface area contributed by atoms with Crippen LogP contribution in [0.25, 0.3) is 0 Å². The maximum absolute atomic E-state index is 5.69. The molecule has 19 heavy (non-hydrogen) atoms. The minimum atomic E-state index is 0.0976. The van der Waals surface area contributed by atoms with E-state index in [1.54, 1.807) is 18.4 Å². The number of rotatable bonds is 5. The van der Waals surface area contributed by atoms with Crippen molar-refractivity contribution in [2.75, 3.05) is 13.7 Å². The molecule has 0 spiro atoms. The van der Waals surface area contributed by atoms with E-state index in [4.69, 9.17) is 9.47 Å². The van der Waals surface area contributed by atoms with Crippen LogP contribution >= 0.6 is 43.2 Å². The molecule has 0 saturated carbocycles. The first kappa shape index (κ1) is 14.9. The first-order chi connectivity index (χ1) is 9.15. The third-order valence-electron chi connectivity index (χ3n) is 2.63. The van der Waals surface area contributed by atoms with Gasteiger partial charge in [-0.25, -0.2) is 0 Å². The summed E-state index contributed by atoms with van der Waals surface area (Å²) in [6.07, 6.45) is 0. The van der Waals surface area contributed by atoms with E-state index in [9.17, 15) is 0 Å². The zero-order valence-electron chi connectivity index (χ0n) is 10.7.